The van der Waals surface area contributed by atoms with E-state index in [1.807, 2.05) is 10.9 Å². The van der Waals surface area contributed by atoms with Crippen molar-refractivity contribution < 1.29 is 0 Å². The van der Waals surface area contributed by atoms with Crippen LogP contribution in [0.4, 0.5) is 0 Å². The zero-order chi connectivity index (χ0) is 10.5. The van der Waals surface area contributed by atoms with Crippen LogP contribution in [0.3, 0.4) is 0 Å². The van der Waals surface area contributed by atoms with E-state index in [9.17, 15) is 0 Å². The Hall–Kier alpha value is -0.900. The maximum atomic E-state index is 3.93. The van der Waals surface area contributed by atoms with E-state index in [1.54, 1.807) is 6.20 Å². The Balaban J connectivity index is 1.50. The molecule has 2 rings (SSSR count). The normalized spacial score (nSPS) is 17.9. The first-order valence-corrected chi connectivity index (χ1v) is 5.92. The maximum absolute atomic E-state index is 3.93. The lowest BCUT2D eigenvalue weighted by atomic mass is 10.1. The molecule has 0 amide bonds. The average Bonchev–Trinajstić information content (AvgIpc) is 2.87. The van der Waals surface area contributed by atoms with Gasteiger partial charge >= 0.3 is 0 Å². The van der Waals surface area contributed by atoms with Crippen LogP contribution in [0.2, 0.25) is 0 Å². The molecular weight excluding hydrogens is 188 g/mol. The van der Waals surface area contributed by atoms with E-state index in [4.69, 9.17) is 0 Å². The number of aryl methyl sites for hydroxylation is 1. The summed E-state index contributed by atoms with van der Waals surface area (Å²) in [4.78, 5) is 0. The highest BCUT2D eigenvalue weighted by Gasteiger charge is 2.22. The van der Waals surface area contributed by atoms with Crippen molar-refractivity contribution in [2.75, 3.05) is 6.54 Å². The first kappa shape index (κ1) is 10.6. The van der Waals surface area contributed by atoms with Gasteiger partial charge in [-0.3, -0.25) is 4.68 Å². The number of rotatable bonds is 7. The Kier molecular flexibility index (Phi) is 3.72. The van der Waals surface area contributed by atoms with Crippen LogP contribution >= 0.6 is 0 Å². The molecule has 0 aliphatic heterocycles. The third-order valence-corrected chi connectivity index (χ3v) is 2.91. The SMILES string of the molecule is CC(CC1CC1)NCCCn1ccnn1. The van der Waals surface area contributed by atoms with E-state index in [0.29, 0.717) is 6.04 Å². The minimum Gasteiger partial charge on any atom is -0.314 e. The Morgan fingerprint density at radius 1 is 1.53 bits per heavy atom. The number of hydrogen-bond donors (Lipinski definition) is 1. The van der Waals surface area contributed by atoms with Crippen LogP contribution in [0.5, 0.6) is 0 Å². The molecule has 0 saturated heterocycles. The molecule has 84 valence electrons. The summed E-state index contributed by atoms with van der Waals surface area (Å²) in [5.41, 5.74) is 0. The Morgan fingerprint density at radius 2 is 2.40 bits per heavy atom. The summed E-state index contributed by atoms with van der Waals surface area (Å²) in [7, 11) is 0. The minimum absolute atomic E-state index is 0.674. The highest BCUT2D eigenvalue weighted by atomic mass is 15.4. The second-order valence-electron chi connectivity index (χ2n) is 4.55. The molecule has 0 bridgehead atoms. The second kappa shape index (κ2) is 5.26. The van der Waals surface area contributed by atoms with Gasteiger partial charge in [-0.1, -0.05) is 18.1 Å². The molecule has 1 N–H and O–H groups in total. The molecule has 1 aliphatic rings. The number of nitrogens with one attached hydrogen (secondary N) is 1. The lowest BCUT2D eigenvalue weighted by Crippen LogP contribution is -2.28. The highest BCUT2D eigenvalue weighted by Crippen LogP contribution is 2.33. The van der Waals surface area contributed by atoms with Crippen molar-refractivity contribution in [1.82, 2.24) is 20.3 Å². The van der Waals surface area contributed by atoms with Crippen molar-refractivity contribution >= 4 is 0 Å². The van der Waals surface area contributed by atoms with Crippen molar-refractivity contribution in [3.63, 3.8) is 0 Å². The van der Waals surface area contributed by atoms with Crippen LogP contribution in [0.25, 0.3) is 0 Å². The van der Waals surface area contributed by atoms with Crippen LogP contribution in [0.1, 0.15) is 32.6 Å². The number of hydrogen-bond acceptors (Lipinski definition) is 3. The molecule has 1 heterocycles. The quantitative estimate of drug-likeness (QED) is 0.690. The molecule has 1 unspecified atom stereocenters. The third-order valence-electron chi connectivity index (χ3n) is 2.91. The van der Waals surface area contributed by atoms with Crippen molar-refractivity contribution in [3.8, 4) is 0 Å². The van der Waals surface area contributed by atoms with Gasteiger partial charge < -0.3 is 5.32 Å². The monoisotopic (exact) mass is 208 g/mol. The molecule has 1 atom stereocenters. The summed E-state index contributed by atoms with van der Waals surface area (Å²) >= 11 is 0. The fourth-order valence-electron chi connectivity index (χ4n) is 1.88. The zero-order valence-electron chi connectivity index (χ0n) is 9.39. The topological polar surface area (TPSA) is 42.7 Å². The van der Waals surface area contributed by atoms with Gasteiger partial charge in [0.2, 0.25) is 0 Å². The van der Waals surface area contributed by atoms with Crippen LogP contribution < -0.4 is 5.32 Å². The van der Waals surface area contributed by atoms with Gasteiger partial charge in [0.05, 0.1) is 6.20 Å². The molecule has 1 saturated carbocycles. The van der Waals surface area contributed by atoms with Crippen LogP contribution in [0, 0.1) is 5.92 Å². The fraction of sp³-hybridized carbons (Fsp3) is 0.818. The van der Waals surface area contributed by atoms with Gasteiger partial charge in [0.25, 0.3) is 0 Å². The molecule has 1 fully saturated rings. The lowest BCUT2D eigenvalue weighted by Gasteiger charge is -2.12. The molecule has 0 spiro atoms. The van der Waals surface area contributed by atoms with E-state index in [2.05, 4.69) is 22.6 Å². The van der Waals surface area contributed by atoms with Gasteiger partial charge in [-0.2, -0.15) is 0 Å². The summed E-state index contributed by atoms with van der Waals surface area (Å²) < 4.78 is 1.88. The molecule has 4 heteroatoms. The summed E-state index contributed by atoms with van der Waals surface area (Å²) in [6.07, 6.45) is 9.01. The molecule has 1 aromatic heterocycles. The van der Waals surface area contributed by atoms with E-state index >= 15 is 0 Å². The largest absolute Gasteiger partial charge is 0.314 e. The Bertz CT molecular complexity index is 266. The molecule has 4 nitrogen and oxygen atoms in total. The molecule has 1 aromatic rings. The van der Waals surface area contributed by atoms with E-state index < -0.39 is 0 Å². The Morgan fingerprint density at radius 3 is 3.07 bits per heavy atom. The van der Waals surface area contributed by atoms with E-state index in [1.165, 1.54) is 19.3 Å². The average molecular weight is 208 g/mol. The van der Waals surface area contributed by atoms with Gasteiger partial charge in [0.1, 0.15) is 0 Å². The summed E-state index contributed by atoms with van der Waals surface area (Å²) in [6, 6.07) is 0.674. The van der Waals surface area contributed by atoms with Crippen LogP contribution in [-0.4, -0.2) is 27.6 Å². The van der Waals surface area contributed by atoms with Crippen molar-refractivity contribution in [1.29, 1.82) is 0 Å². The van der Waals surface area contributed by atoms with E-state index in [0.717, 1.165) is 25.4 Å². The zero-order valence-corrected chi connectivity index (χ0v) is 9.39. The fourth-order valence-corrected chi connectivity index (χ4v) is 1.88. The predicted molar refractivity (Wildman–Crippen MR) is 59.4 cm³/mol. The second-order valence-corrected chi connectivity index (χ2v) is 4.55. The maximum Gasteiger partial charge on any atom is 0.0692 e. The molecule has 0 radical (unpaired) electrons. The highest BCUT2D eigenvalue weighted by molar-refractivity contribution is 4.77. The van der Waals surface area contributed by atoms with Gasteiger partial charge in [0.15, 0.2) is 0 Å². The number of aromatic nitrogens is 3. The van der Waals surface area contributed by atoms with Crippen molar-refractivity contribution in [3.05, 3.63) is 12.4 Å². The van der Waals surface area contributed by atoms with Gasteiger partial charge in [-0.25, -0.2) is 0 Å². The number of nitrogens with zero attached hydrogens (tertiary/aromatic N) is 3. The molecule has 0 aromatic carbocycles. The Labute approximate surface area is 91.1 Å². The van der Waals surface area contributed by atoms with Crippen LogP contribution in [0.15, 0.2) is 12.4 Å². The standard InChI is InChI=1S/C11H20N4/c1-10(9-11-3-4-11)12-5-2-7-15-8-6-13-14-15/h6,8,10-12H,2-5,7,9H2,1H3. The molecule has 1 aliphatic carbocycles. The summed E-state index contributed by atoms with van der Waals surface area (Å²) in [5.74, 6) is 1.02. The van der Waals surface area contributed by atoms with E-state index in [-0.39, 0.29) is 0 Å². The summed E-state index contributed by atoms with van der Waals surface area (Å²) in [6.45, 7) is 4.32. The van der Waals surface area contributed by atoms with Gasteiger partial charge in [-0.15, -0.1) is 5.10 Å². The third kappa shape index (κ3) is 4.00. The first-order valence-electron chi connectivity index (χ1n) is 5.92. The van der Waals surface area contributed by atoms with Crippen molar-refractivity contribution in [2.24, 2.45) is 5.92 Å². The first-order chi connectivity index (χ1) is 7.34. The summed E-state index contributed by atoms with van der Waals surface area (Å²) in [5, 5.41) is 11.3. The molecular formula is C11H20N4. The smallest absolute Gasteiger partial charge is 0.0692 e. The van der Waals surface area contributed by atoms with Gasteiger partial charge in [0, 0.05) is 18.8 Å². The minimum atomic E-state index is 0.674. The lowest BCUT2D eigenvalue weighted by molar-refractivity contribution is 0.459. The van der Waals surface area contributed by atoms with Crippen molar-refractivity contribution in [2.45, 2.75) is 45.2 Å². The van der Waals surface area contributed by atoms with Gasteiger partial charge in [-0.05, 0) is 32.2 Å². The molecule has 15 heavy (non-hydrogen) atoms. The van der Waals surface area contributed by atoms with Crippen LogP contribution in [-0.2, 0) is 6.54 Å². The predicted octanol–water partition coefficient (Wildman–Crippen LogP) is 1.45.